The van der Waals surface area contributed by atoms with Crippen LogP contribution in [-0.2, 0) is 6.54 Å². The highest BCUT2D eigenvalue weighted by molar-refractivity contribution is 6.30. The quantitative estimate of drug-likeness (QED) is 0.934. The van der Waals surface area contributed by atoms with Gasteiger partial charge in [0, 0.05) is 18.3 Å². The number of amides is 1. The third-order valence-electron chi connectivity index (χ3n) is 3.00. The van der Waals surface area contributed by atoms with Crippen molar-refractivity contribution in [1.29, 1.82) is 0 Å². The molecule has 0 spiro atoms. The Balaban J connectivity index is 1.89. The van der Waals surface area contributed by atoms with Crippen molar-refractivity contribution < 1.29 is 4.79 Å². The standard InChI is InChI=1S/C14H16ClN3O/c1-10-3-4-12(7-11(10)2)14(19)16-5-6-18-9-13(15)8-17-18/h3-4,7-9H,5-6H2,1-2H3,(H,16,19). The number of halogens is 1. The number of hydrogen-bond acceptors (Lipinski definition) is 2. The highest BCUT2D eigenvalue weighted by atomic mass is 35.5. The molecule has 4 nitrogen and oxygen atoms in total. The molecule has 0 saturated carbocycles. The number of benzene rings is 1. The summed E-state index contributed by atoms with van der Waals surface area (Å²) in [6.07, 6.45) is 3.30. The van der Waals surface area contributed by atoms with Crippen molar-refractivity contribution in [2.24, 2.45) is 0 Å². The van der Waals surface area contributed by atoms with Crippen molar-refractivity contribution in [2.75, 3.05) is 6.54 Å². The zero-order valence-electron chi connectivity index (χ0n) is 11.0. The lowest BCUT2D eigenvalue weighted by Crippen LogP contribution is -2.27. The third kappa shape index (κ3) is 3.58. The highest BCUT2D eigenvalue weighted by Gasteiger charge is 2.06. The number of aromatic nitrogens is 2. The van der Waals surface area contributed by atoms with Crippen LogP contribution >= 0.6 is 11.6 Å². The molecule has 0 atom stereocenters. The van der Waals surface area contributed by atoms with Crippen molar-refractivity contribution in [3.63, 3.8) is 0 Å². The number of nitrogens with zero attached hydrogens (tertiary/aromatic N) is 2. The maximum absolute atomic E-state index is 11.9. The minimum Gasteiger partial charge on any atom is -0.350 e. The van der Waals surface area contributed by atoms with Crippen molar-refractivity contribution >= 4 is 17.5 Å². The third-order valence-corrected chi connectivity index (χ3v) is 3.19. The summed E-state index contributed by atoms with van der Waals surface area (Å²) in [5, 5.41) is 7.50. The van der Waals surface area contributed by atoms with Gasteiger partial charge in [0.2, 0.25) is 0 Å². The van der Waals surface area contributed by atoms with Crippen LogP contribution in [0.15, 0.2) is 30.6 Å². The van der Waals surface area contributed by atoms with Crippen LogP contribution in [0, 0.1) is 13.8 Å². The van der Waals surface area contributed by atoms with E-state index in [0.717, 1.165) is 5.56 Å². The Kier molecular flexibility index (Phi) is 4.22. The van der Waals surface area contributed by atoms with Gasteiger partial charge in [-0.05, 0) is 37.1 Å². The molecule has 0 fully saturated rings. The monoisotopic (exact) mass is 277 g/mol. The summed E-state index contributed by atoms with van der Waals surface area (Å²) in [5.41, 5.74) is 2.98. The Morgan fingerprint density at radius 2 is 2.16 bits per heavy atom. The second kappa shape index (κ2) is 5.89. The van der Waals surface area contributed by atoms with Crippen LogP contribution in [0.3, 0.4) is 0 Å². The van der Waals surface area contributed by atoms with Crippen LogP contribution < -0.4 is 5.32 Å². The first-order valence-electron chi connectivity index (χ1n) is 6.09. The molecule has 0 aliphatic carbocycles. The maximum atomic E-state index is 11.9. The molecule has 1 aromatic carbocycles. The number of hydrogen-bond donors (Lipinski definition) is 1. The maximum Gasteiger partial charge on any atom is 0.251 e. The minimum atomic E-state index is -0.0682. The number of rotatable bonds is 4. The van der Waals surface area contributed by atoms with E-state index < -0.39 is 0 Å². The van der Waals surface area contributed by atoms with Crippen molar-refractivity contribution in [2.45, 2.75) is 20.4 Å². The number of carbonyl (C=O) groups excluding carboxylic acids is 1. The van der Waals surface area contributed by atoms with E-state index in [2.05, 4.69) is 10.4 Å². The van der Waals surface area contributed by atoms with Crippen molar-refractivity contribution in [3.05, 3.63) is 52.3 Å². The lowest BCUT2D eigenvalue weighted by Gasteiger charge is -2.07. The average molecular weight is 278 g/mol. The number of carbonyl (C=O) groups is 1. The average Bonchev–Trinajstić information content (AvgIpc) is 2.78. The summed E-state index contributed by atoms with van der Waals surface area (Å²) in [4.78, 5) is 11.9. The molecule has 0 aliphatic rings. The molecule has 5 heteroatoms. The fourth-order valence-electron chi connectivity index (χ4n) is 1.73. The lowest BCUT2D eigenvalue weighted by molar-refractivity contribution is 0.0952. The van der Waals surface area contributed by atoms with Gasteiger partial charge in [0.05, 0.1) is 17.8 Å². The van der Waals surface area contributed by atoms with Gasteiger partial charge in [-0.25, -0.2) is 0 Å². The molecule has 0 saturated heterocycles. The summed E-state index contributed by atoms with van der Waals surface area (Å²) in [5.74, 6) is -0.0682. The van der Waals surface area contributed by atoms with E-state index in [1.807, 2.05) is 32.0 Å². The summed E-state index contributed by atoms with van der Waals surface area (Å²) >= 11 is 5.76. The first-order chi connectivity index (χ1) is 9.06. The smallest absolute Gasteiger partial charge is 0.251 e. The second-order valence-corrected chi connectivity index (χ2v) is 4.91. The fraction of sp³-hybridized carbons (Fsp3) is 0.286. The van der Waals surface area contributed by atoms with E-state index >= 15 is 0 Å². The molecule has 0 bridgehead atoms. The van der Waals surface area contributed by atoms with E-state index in [9.17, 15) is 4.79 Å². The van der Waals surface area contributed by atoms with Gasteiger partial charge in [0.25, 0.3) is 5.91 Å². The fourth-order valence-corrected chi connectivity index (χ4v) is 1.89. The van der Waals surface area contributed by atoms with E-state index in [1.54, 1.807) is 17.1 Å². The Morgan fingerprint density at radius 1 is 1.37 bits per heavy atom. The zero-order valence-corrected chi connectivity index (χ0v) is 11.7. The molecule has 1 amide bonds. The molecule has 19 heavy (non-hydrogen) atoms. The topological polar surface area (TPSA) is 46.9 Å². The Labute approximate surface area is 117 Å². The van der Waals surface area contributed by atoms with Gasteiger partial charge in [-0.15, -0.1) is 0 Å². The van der Waals surface area contributed by atoms with Crippen molar-refractivity contribution in [1.82, 2.24) is 15.1 Å². The Hall–Kier alpha value is -1.81. The molecule has 100 valence electrons. The van der Waals surface area contributed by atoms with Gasteiger partial charge in [0.1, 0.15) is 0 Å². The predicted octanol–water partition coefficient (Wildman–Crippen LogP) is 2.58. The Morgan fingerprint density at radius 3 is 2.79 bits per heavy atom. The molecule has 0 aliphatic heterocycles. The first kappa shape index (κ1) is 13.6. The van der Waals surface area contributed by atoms with E-state index in [1.165, 1.54) is 5.56 Å². The van der Waals surface area contributed by atoms with Gasteiger partial charge < -0.3 is 5.32 Å². The summed E-state index contributed by atoms with van der Waals surface area (Å²) < 4.78 is 1.70. The number of nitrogens with one attached hydrogen (secondary N) is 1. The van der Waals surface area contributed by atoms with Crippen LogP contribution in [0.25, 0.3) is 0 Å². The molecule has 0 radical (unpaired) electrons. The van der Waals surface area contributed by atoms with Gasteiger partial charge in [0.15, 0.2) is 0 Å². The highest BCUT2D eigenvalue weighted by Crippen LogP contribution is 2.09. The van der Waals surface area contributed by atoms with Gasteiger partial charge in [-0.2, -0.15) is 5.10 Å². The zero-order chi connectivity index (χ0) is 13.8. The Bertz CT molecular complexity index is 592. The summed E-state index contributed by atoms with van der Waals surface area (Å²) in [7, 11) is 0. The molecule has 2 rings (SSSR count). The second-order valence-electron chi connectivity index (χ2n) is 4.48. The van der Waals surface area contributed by atoms with Crippen molar-refractivity contribution in [3.8, 4) is 0 Å². The molecular formula is C14H16ClN3O. The van der Waals surface area contributed by atoms with Crippen LogP contribution in [0.1, 0.15) is 21.5 Å². The van der Waals surface area contributed by atoms with Gasteiger partial charge in [-0.1, -0.05) is 17.7 Å². The molecular weight excluding hydrogens is 262 g/mol. The van der Waals surface area contributed by atoms with Crippen LogP contribution in [0.5, 0.6) is 0 Å². The van der Waals surface area contributed by atoms with Gasteiger partial charge in [-0.3, -0.25) is 9.48 Å². The molecule has 1 heterocycles. The van der Waals surface area contributed by atoms with Gasteiger partial charge >= 0.3 is 0 Å². The largest absolute Gasteiger partial charge is 0.350 e. The molecule has 0 unspecified atom stereocenters. The van der Waals surface area contributed by atoms with E-state index in [-0.39, 0.29) is 5.91 Å². The predicted molar refractivity (Wildman–Crippen MR) is 75.5 cm³/mol. The van der Waals surface area contributed by atoms with E-state index in [4.69, 9.17) is 11.6 Å². The van der Waals surface area contributed by atoms with E-state index in [0.29, 0.717) is 23.7 Å². The lowest BCUT2D eigenvalue weighted by atomic mass is 10.1. The van der Waals surface area contributed by atoms with Crippen LogP contribution in [0.4, 0.5) is 0 Å². The minimum absolute atomic E-state index is 0.0682. The molecule has 1 N–H and O–H groups in total. The molecule has 1 aromatic heterocycles. The first-order valence-corrected chi connectivity index (χ1v) is 6.47. The summed E-state index contributed by atoms with van der Waals surface area (Å²) in [6.45, 7) is 5.14. The number of aryl methyl sites for hydroxylation is 2. The van der Waals surface area contributed by atoms with Crippen LogP contribution in [0.2, 0.25) is 5.02 Å². The SMILES string of the molecule is Cc1ccc(C(=O)NCCn2cc(Cl)cn2)cc1C. The summed E-state index contributed by atoms with van der Waals surface area (Å²) in [6, 6.07) is 5.69. The van der Waals surface area contributed by atoms with Crippen LogP contribution in [-0.4, -0.2) is 22.2 Å². The molecule has 2 aromatic rings. The normalized spacial score (nSPS) is 10.5.